The van der Waals surface area contributed by atoms with Crippen molar-refractivity contribution in [2.75, 3.05) is 20.2 Å². The van der Waals surface area contributed by atoms with E-state index in [1.165, 1.54) is 7.11 Å². The van der Waals surface area contributed by atoms with Crippen molar-refractivity contribution in [1.29, 1.82) is 0 Å². The van der Waals surface area contributed by atoms with Crippen LogP contribution in [0.3, 0.4) is 0 Å². The Morgan fingerprint density at radius 3 is 2.30 bits per heavy atom. The minimum absolute atomic E-state index is 0.189. The van der Waals surface area contributed by atoms with E-state index in [1.54, 1.807) is 49.9 Å². The van der Waals surface area contributed by atoms with Gasteiger partial charge in [0.1, 0.15) is 5.75 Å². The predicted molar refractivity (Wildman–Crippen MR) is 89.6 cm³/mol. The van der Waals surface area contributed by atoms with E-state index in [0.29, 0.717) is 17.3 Å². The summed E-state index contributed by atoms with van der Waals surface area (Å²) in [6.45, 7) is 7.77. The van der Waals surface area contributed by atoms with Crippen LogP contribution in [0.1, 0.15) is 27.7 Å². The monoisotopic (exact) mass is 341 g/mol. The van der Waals surface area contributed by atoms with Gasteiger partial charge in [0.2, 0.25) is 0 Å². The molecule has 1 aromatic carbocycles. The molecule has 1 amide bonds. The number of esters is 1. The largest absolute Gasteiger partial charge is 0.478 e. The lowest BCUT2D eigenvalue weighted by molar-refractivity contribution is -0.150. The summed E-state index contributed by atoms with van der Waals surface area (Å²) in [5.74, 6) is -0.363. The SMILES string of the molecule is CCN(CC(C)C(=O)OC)C(=O)C(C)(C)Oc1ccc(Cl)cc1. The van der Waals surface area contributed by atoms with Crippen molar-refractivity contribution in [1.82, 2.24) is 4.90 Å². The molecule has 0 saturated heterocycles. The Balaban J connectivity index is 2.81. The summed E-state index contributed by atoms with van der Waals surface area (Å²) in [6.07, 6.45) is 0. The van der Waals surface area contributed by atoms with Gasteiger partial charge in [0, 0.05) is 18.1 Å². The Morgan fingerprint density at radius 2 is 1.83 bits per heavy atom. The van der Waals surface area contributed by atoms with E-state index in [1.807, 2.05) is 6.92 Å². The highest BCUT2D eigenvalue weighted by atomic mass is 35.5. The van der Waals surface area contributed by atoms with E-state index < -0.39 is 11.5 Å². The van der Waals surface area contributed by atoms with Crippen molar-refractivity contribution >= 4 is 23.5 Å². The number of likely N-dealkylation sites (N-methyl/N-ethyl adjacent to an activating group) is 1. The number of carbonyl (C=O) groups excluding carboxylic acids is 2. The van der Waals surface area contributed by atoms with Gasteiger partial charge in [-0.2, -0.15) is 0 Å². The molecule has 0 aliphatic carbocycles. The van der Waals surface area contributed by atoms with Gasteiger partial charge >= 0.3 is 5.97 Å². The molecule has 0 aromatic heterocycles. The molecule has 0 bridgehead atoms. The summed E-state index contributed by atoms with van der Waals surface area (Å²) in [7, 11) is 1.34. The molecule has 0 aliphatic heterocycles. The van der Waals surface area contributed by atoms with Gasteiger partial charge in [0.25, 0.3) is 5.91 Å². The Morgan fingerprint density at radius 1 is 1.26 bits per heavy atom. The van der Waals surface area contributed by atoms with Gasteiger partial charge in [0.15, 0.2) is 5.60 Å². The number of methoxy groups -OCH3 is 1. The van der Waals surface area contributed by atoms with Crippen LogP contribution < -0.4 is 4.74 Å². The summed E-state index contributed by atoms with van der Waals surface area (Å²) >= 11 is 5.84. The Kier molecular flexibility index (Phi) is 6.88. The molecule has 23 heavy (non-hydrogen) atoms. The lowest BCUT2D eigenvalue weighted by Gasteiger charge is -2.32. The predicted octanol–water partition coefficient (Wildman–Crippen LogP) is 3.16. The van der Waals surface area contributed by atoms with Gasteiger partial charge in [-0.15, -0.1) is 0 Å². The molecular weight excluding hydrogens is 318 g/mol. The first-order chi connectivity index (χ1) is 10.7. The van der Waals surface area contributed by atoms with Gasteiger partial charge in [-0.3, -0.25) is 9.59 Å². The van der Waals surface area contributed by atoms with Gasteiger partial charge in [-0.25, -0.2) is 0 Å². The Labute approximate surface area is 142 Å². The van der Waals surface area contributed by atoms with Crippen LogP contribution in [0, 0.1) is 5.92 Å². The summed E-state index contributed by atoms with van der Waals surface area (Å²) < 4.78 is 10.5. The van der Waals surface area contributed by atoms with Crippen LogP contribution in [0.4, 0.5) is 0 Å². The first-order valence-electron chi connectivity index (χ1n) is 7.53. The molecule has 0 saturated carbocycles. The van der Waals surface area contributed by atoms with E-state index in [-0.39, 0.29) is 18.4 Å². The number of benzene rings is 1. The van der Waals surface area contributed by atoms with Crippen molar-refractivity contribution in [2.45, 2.75) is 33.3 Å². The average molecular weight is 342 g/mol. The van der Waals surface area contributed by atoms with Crippen LogP contribution >= 0.6 is 11.6 Å². The zero-order valence-electron chi connectivity index (χ0n) is 14.3. The van der Waals surface area contributed by atoms with Crippen molar-refractivity contribution in [3.05, 3.63) is 29.3 Å². The van der Waals surface area contributed by atoms with Crippen LogP contribution in [-0.2, 0) is 14.3 Å². The fourth-order valence-corrected chi connectivity index (χ4v) is 2.31. The molecule has 6 heteroatoms. The molecule has 1 unspecified atom stereocenters. The van der Waals surface area contributed by atoms with Gasteiger partial charge < -0.3 is 14.4 Å². The molecule has 5 nitrogen and oxygen atoms in total. The minimum Gasteiger partial charge on any atom is -0.478 e. The number of halogens is 1. The summed E-state index contributed by atoms with van der Waals surface area (Å²) in [4.78, 5) is 25.9. The fourth-order valence-electron chi connectivity index (χ4n) is 2.18. The van der Waals surface area contributed by atoms with E-state index in [0.717, 1.165) is 0 Å². The van der Waals surface area contributed by atoms with Gasteiger partial charge in [0.05, 0.1) is 13.0 Å². The van der Waals surface area contributed by atoms with E-state index in [4.69, 9.17) is 21.1 Å². The minimum atomic E-state index is -1.06. The van der Waals surface area contributed by atoms with Crippen molar-refractivity contribution in [3.63, 3.8) is 0 Å². The van der Waals surface area contributed by atoms with Crippen LogP contribution in [0.5, 0.6) is 5.75 Å². The maximum Gasteiger partial charge on any atom is 0.310 e. The third-order valence-electron chi connectivity index (χ3n) is 3.47. The lowest BCUT2D eigenvalue weighted by Crippen LogP contribution is -2.50. The standard InChI is InChI=1S/C17H24ClNO4/c1-6-19(11-12(2)15(20)22-5)16(21)17(3,4)23-14-9-7-13(18)8-10-14/h7-10,12H,6,11H2,1-5H3. The molecule has 0 heterocycles. The summed E-state index contributed by atoms with van der Waals surface area (Å²) in [5.41, 5.74) is -1.06. The van der Waals surface area contributed by atoms with Crippen LogP contribution in [0.2, 0.25) is 5.02 Å². The highest BCUT2D eigenvalue weighted by Gasteiger charge is 2.35. The number of ether oxygens (including phenoxy) is 2. The second-order valence-corrected chi connectivity index (χ2v) is 6.27. The number of carbonyl (C=O) groups is 2. The molecule has 1 rings (SSSR count). The molecule has 0 N–H and O–H groups in total. The molecule has 0 radical (unpaired) electrons. The van der Waals surface area contributed by atoms with E-state index in [9.17, 15) is 9.59 Å². The highest BCUT2D eigenvalue weighted by Crippen LogP contribution is 2.22. The van der Waals surface area contributed by atoms with Crippen molar-refractivity contribution < 1.29 is 19.1 Å². The summed E-state index contributed by atoms with van der Waals surface area (Å²) in [5, 5.41) is 0.601. The number of amides is 1. The Bertz CT molecular complexity index is 542. The smallest absolute Gasteiger partial charge is 0.310 e. The lowest BCUT2D eigenvalue weighted by atomic mass is 10.1. The fraction of sp³-hybridized carbons (Fsp3) is 0.529. The van der Waals surface area contributed by atoms with Crippen molar-refractivity contribution in [2.24, 2.45) is 5.92 Å². The van der Waals surface area contributed by atoms with Crippen LogP contribution in [0.15, 0.2) is 24.3 Å². The quantitative estimate of drug-likeness (QED) is 0.715. The number of hydrogen-bond acceptors (Lipinski definition) is 4. The zero-order valence-corrected chi connectivity index (χ0v) is 15.0. The second-order valence-electron chi connectivity index (χ2n) is 5.83. The molecule has 0 spiro atoms. The molecule has 1 aromatic rings. The second kappa shape index (κ2) is 8.20. The van der Waals surface area contributed by atoms with Gasteiger partial charge in [-0.1, -0.05) is 18.5 Å². The third-order valence-corrected chi connectivity index (χ3v) is 3.72. The molecule has 0 aliphatic rings. The number of rotatable bonds is 7. The first-order valence-corrected chi connectivity index (χ1v) is 7.90. The van der Waals surface area contributed by atoms with Crippen LogP contribution in [0.25, 0.3) is 0 Å². The van der Waals surface area contributed by atoms with Gasteiger partial charge in [-0.05, 0) is 45.0 Å². The molecular formula is C17H24ClNO4. The Hall–Kier alpha value is -1.75. The zero-order chi connectivity index (χ0) is 17.6. The average Bonchev–Trinajstić information content (AvgIpc) is 2.52. The number of nitrogens with zero attached hydrogens (tertiary/aromatic N) is 1. The maximum atomic E-state index is 12.7. The normalized spacial score (nSPS) is 12.4. The first kappa shape index (κ1) is 19.3. The number of hydrogen-bond donors (Lipinski definition) is 0. The highest BCUT2D eigenvalue weighted by molar-refractivity contribution is 6.30. The van der Waals surface area contributed by atoms with E-state index in [2.05, 4.69) is 0 Å². The van der Waals surface area contributed by atoms with Crippen molar-refractivity contribution in [3.8, 4) is 5.75 Å². The molecule has 1 atom stereocenters. The van der Waals surface area contributed by atoms with Crippen LogP contribution in [-0.4, -0.2) is 42.6 Å². The van der Waals surface area contributed by atoms with E-state index >= 15 is 0 Å². The maximum absolute atomic E-state index is 12.7. The summed E-state index contributed by atoms with van der Waals surface area (Å²) in [6, 6.07) is 6.83. The molecule has 0 fully saturated rings. The molecule has 128 valence electrons. The topological polar surface area (TPSA) is 55.8 Å². The third kappa shape index (κ3) is 5.43.